The van der Waals surface area contributed by atoms with E-state index >= 15 is 0 Å². The number of hydrogen-bond acceptors (Lipinski definition) is 6. The number of hydrogen-bond donors (Lipinski definition) is 2. The van der Waals surface area contributed by atoms with E-state index in [1.807, 2.05) is 0 Å². The number of rotatable bonds is 6. The molecule has 0 aliphatic heterocycles. The van der Waals surface area contributed by atoms with Crippen molar-refractivity contribution < 1.29 is 13.2 Å². The van der Waals surface area contributed by atoms with Crippen LogP contribution < -0.4 is 5.32 Å². The Morgan fingerprint density at radius 3 is 2.56 bits per heavy atom. The van der Waals surface area contributed by atoms with Gasteiger partial charge in [-0.05, 0) is 38.5 Å². The maximum absolute atomic E-state index is 12.4. The Kier molecular flexibility index (Phi) is 5.86. The zero-order valence-corrected chi connectivity index (χ0v) is 16.3. The molecule has 1 aromatic heterocycles. The number of amides is 1. The molecule has 1 atom stereocenters. The molecule has 0 spiro atoms. The first-order valence-corrected chi connectivity index (χ1v) is 9.83. The molecule has 1 amide bonds. The molecule has 0 fully saturated rings. The highest BCUT2D eigenvalue weighted by molar-refractivity contribution is 8.00. The molecule has 10 heteroatoms. The number of sulfonamides is 1. The van der Waals surface area contributed by atoms with Gasteiger partial charge in [0.2, 0.25) is 21.1 Å². The van der Waals surface area contributed by atoms with Crippen molar-refractivity contribution >= 4 is 33.4 Å². The van der Waals surface area contributed by atoms with Gasteiger partial charge in [-0.2, -0.15) is 0 Å². The van der Waals surface area contributed by atoms with Gasteiger partial charge in [0.15, 0.2) is 0 Å². The minimum atomic E-state index is -3.57. The number of thioether (sulfide) groups is 1. The van der Waals surface area contributed by atoms with E-state index in [-0.39, 0.29) is 10.8 Å². The van der Waals surface area contributed by atoms with Crippen LogP contribution in [-0.4, -0.2) is 53.2 Å². The van der Waals surface area contributed by atoms with Crippen molar-refractivity contribution in [2.75, 3.05) is 19.4 Å². The fourth-order valence-electron chi connectivity index (χ4n) is 1.93. The van der Waals surface area contributed by atoms with E-state index in [0.717, 1.165) is 9.87 Å². The van der Waals surface area contributed by atoms with Crippen molar-refractivity contribution in [2.24, 2.45) is 0 Å². The highest BCUT2D eigenvalue weighted by Crippen LogP contribution is 2.24. The molecule has 2 N–H and O–H groups in total. The third-order valence-corrected chi connectivity index (χ3v) is 6.25. The second-order valence-corrected chi connectivity index (χ2v) is 9.18. The van der Waals surface area contributed by atoms with Gasteiger partial charge >= 0.3 is 0 Å². The number of nitrogens with one attached hydrogen (secondary N) is 2. The number of aromatic amines is 1. The molecule has 0 bridgehead atoms. The summed E-state index contributed by atoms with van der Waals surface area (Å²) in [6.07, 6.45) is 0. The first-order valence-electron chi connectivity index (χ1n) is 7.51. The number of nitrogens with zero attached hydrogens (tertiary/aromatic N) is 3. The molecule has 0 aliphatic rings. The molecule has 25 heavy (non-hydrogen) atoms. The predicted octanol–water partition coefficient (Wildman–Crippen LogP) is 1.79. The number of aryl methyl sites for hydroxylation is 2. The zero-order chi connectivity index (χ0) is 18.8. The standard InChI is InChI=1S/C15H21N5O3S2/c1-9-6-7-12(25(22,23)20(4)5)8-13(9)17-14(21)10(2)24-15-16-11(3)18-19-15/h6-8,10H,1-5H3,(H,17,21)(H,16,18,19). The SMILES string of the molecule is Cc1nc(SC(C)C(=O)Nc2cc(S(=O)(=O)N(C)C)ccc2C)n[nH]1. The van der Waals surface area contributed by atoms with Crippen LogP contribution in [0.25, 0.3) is 0 Å². The molecule has 136 valence electrons. The number of carbonyl (C=O) groups excluding carboxylic acids is 1. The molecule has 0 aliphatic carbocycles. The maximum Gasteiger partial charge on any atom is 0.242 e. The van der Waals surface area contributed by atoms with Gasteiger partial charge in [-0.25, -0.2) is 17.7 Å². The lowest BCUT2D eigenvalue weighted by Crippen LogP contribution is -2.24. The van der Waals surface area contributed by atoms with E-state index in [1.54, 1.807) is 26.8 Å². The lowest BCUT2D eigenvalue weighted by molar-refractivity contribution is -0.115. The average Bonchev–Trinajstić information content (AvgIpc) is 2.94. The molecule has 2 rings (SSSR count). The Morgan fingerprint density at radius 1 is 1.32 bits per heavy atom. The van der Waals surface area contributed by atoms with Gasteiger partial charge in [-0.15, -0.1) is 5.10 Å². The van der Waals surface area contributed by atoms with Crippen LogP contribution in [0.4, 0.5) is 5.69 Å². The molecular formula is C15H21N5O3S2. The van der Waals surface area contributed by atoms with Crippen LogP contribution in [0.2, 0.25) is 0 Å². The Morgan fingerprint density at radius 2 is 2.00 bits per heavy atom. The van der Waals surface area contributed by atoms with E-state index in [4.69, 9.17) is 0 Å². The lowest BCUT2D eigenvalue weighted by Gasteiger charge is -2.15. The van der Waals surface area contributed by atoms with E-state index in [1.165, 1.54) is 38.0 Å². The van der Waals surface area contributed by atoms with Crippen molar-refractivity contribution in [1.29, 1.82) is 0 Å². The van der Waals surface area contributed by atoms with Crippen molar-refractivity contribution in [2.45, 2.75) is 36.1 Å². The third-order valence-electron chi connectivity index (χ3n) is 3.47. The van der Waals surface area contributed by atoms with Crippen molar-refractivity contribution in [3.8, 4) is 0 Å². The van der Waals surface area contributed by atoms with Gasteiger partial charge in [0, 0.05) is 19.8 Å². The normalized spacial score (nSPS) is 13.0. The maximum atomic E-state index is 12.4. The average molecular weight is 383 g/mol. The third kappa shape index (κ3) is 4.59. The van der Waals surface area contributed by atoms with Gasteiger partial charge in [0.25, 0.3) is 0 Å². The monoisotopic (exact) mass is 383 g/mol. The molecule has 0 saturated carbocycles. The Bertz CT molecular complexity index is 877. The summed E-state index contributed by atoms with van der Waals surface area (Å²) in [6.45, 7) is 5.32. The lowest BCUT2D eigenvalue weighted by atomic mass is 10.2. The van der Waals surface area contributed by atoms with Crippen LogP contribution in [0, 0.1) is 13.8 Å². The van der Waals surface area contributed by atoms with Crippen LogP contribution in [-0.2, 0) is 14.8 Å². The topological polar surface area (TPSA) is 108 Å². The summed E-state index contributed by atoms with van der Waals surface area (Å²) in [4.78, 5) is 16.7. The Balaban J connectivity index is 2.17. The molecular weight excluding hydrogens is 362 g/mol. The highest BCUT2D eigenvalue weighted by atomic mass is 32.2. The van der Waals surface area contributed by atoms with E-state index in [2.05, 4.69) is 20.5 Å². The van der Waals surface area contributed by atoms with Crippen LogP contribution in [0.1, 0.15) is 18.3 Å². The van der Waals surface area contributed by atoms with Crippen molar-refractivity contribution in [3.63, 3.8) is 0 Å². The minimum Gasteiger partial charge on any atom is -0.325 e. The number of anilines is 1. The second kappa shape index (κ2) is 7.54. The smallest absolute Gasteiger partial charge is 0.242 e. The van der Waals surface area contributed by atoms with E-state index in [9.17, 15) is 13.2 Å². The van der Waals surface area contributed by atoms with Crippen LogP contribution >= 0.6 is 11.8 Å². The molecule has 2 aromatic rings. The number of carbonyl (C=O) groups is 1. The molecule has 1 aromatic carbocycles. The van der Waals surface area contributed by atoms with Gasteiger partial charge in [0.05, 0.1) is 10.1 Å². The van der Waals surface area contributed by atoms with Gasteiger partial charge in [-0.3, -0.25) is 9.89 Å². The van der Waals surface area contributed by atoms with Crippen LogP contribution in [0.3, 0.4) is 0 Å². The van der Waals surface area contributed by atoms with Crippen molar-refractivity contribution in [3.05, 3.63) is 29.6 Å². The summed E-state index contributed by atoms with van der Waals surface area (Å²) < 4.78 is 25.6. The fraction of sp³-hybridized carbons (Fsp3) is 0.400. The first-order chi connectivity index (χ1) is 11.6. The fourth-order valence-corrected chi connectivity index (χ4v) is 3.63. The minimum absolute atomic E-state index is 0.128. The van der Waals surface area contributed by atoms with Crippen LogP contribution in [0.15, 0.2) is 28.3 Å². The van der Waals surface area contributed by atoms with Gasteiger partial charge in [0.1, 0.15) is 5.82 Å². The summed E-state index contributed by atoms with van der Waals surface area (Å²) in [5.74, 6) is 0.419. The van der Waals surface area contributed by atoms with E-state index in [0.29, 0.717) is 16.7 Å². The van der Waals surface area contributed by atoms with Crippen LogP contribution in [0.5, 0.6) is 0 Å². The molecule has 0 radical (unpaired) electrons. The predicted molar refractivity (Wildman–Crippen MR) is 97.1 cm³/mol. The molecule has 8 nitrogen and oxygen atoms in total. The summed E-state index contributed by atoms with van der Waals surface area (Å²) in [6, 6.07) is 4.66. The summed E-state index contributed by atoms with van der Waals surface area (Å²) in [5, 5.41) is 9.54. The zero-order valence-electron chi connectivity index (χ0n) is 14.7. The second-order valence-electron chi connectivity index (χ2n) is 5.72. The van der Waals surface area contributed by atoms with Crippen molar-refractivity contribution in [1.82, 2.24) is 19.5 Å². The summed E-state index contributed by atoms with van der Waals surface area (Å²) >= 11 is 1.22. The summed E-state index contributed by atoms with van der Waals surface area (Å²) in [5.41, 5.74) is 1.24. The number of aromatic nitrogens is 3. The Labute approximate surface area is 151 Å². The first kappa shape index (κ1) is 19.4. The molecule has 0 saturated heterocycles. The number of benzene rings is 1. The van der Waals surface area contributed by atoms with Gasteiger partial charge < -0.3 is 5.32 Å². The Hall–Kier alpha value is -1.91. The van der Waals surface area contributed by atoms with Gasteiger partial charge in [-0.1, -0.05) is 17.8 Å². The quantitative estimate of drug-likeness (QED) is 0.736. The largest absolute Gasteiger partial charge is 0.325 e. The van der Waals surface area contributed by atoms with E-state index < -0.39 is 15.3 Å². The highest BCUT2D eigenvalue weighted by Gasteiger charge is 2.21. The summed E-state index contributed by atoms with van der Waals surface area (Å²) in [7, 11) is -0.639. The molecule has 1 heterocycles. The number of H-pyrrole nitrogens is 1. The molecule has 1 unspecified atom stereocenters.